The summed E-state index contributed by atoms with van der Waals surface area (Å²) in [5, 5.41) is 0. The minimum absolute atomic E-state index is 0. The molecule has 128 valence electrons. The van der Waals surface area contributed by atoms with Crippen molar-refractivity contribution in [2.75, 3.05) is 26.7 Å². The number of hydrogen-bond donors (Lipinski definition) is 0. The number of fused-ring (bicyclic) bond motifs is 1. The molecule has 0 N–H and O–H groups in total. The molecule has 0 unspecified atom stereocenters. The van der Waals surface area contributed by atoms with Crippen LogP contribution >= 0.6 is 12.4 Å². The fraction of sp³-hybridized carbons (Fsp3) is 0.444. The molecular formula is C18H22ClN3O2. The summed E-state index contributed by atoms with van der Waals surface area (Å²) < 4.78 is 5.28. The van der Waals surface area contributed by atoms with Crippen LogP contribution in [-0.4, -0.2) is 47.4 Å². The molecule has 2 aromatic rings. The van der Waals surface area contributed by atoms with Crippen molar-refractivity contribution in [2.24, 2.45) is 11.8 Å². The topological polar surface area (TPSA) is 49.6 Å². The van der Waals surface area contributed by atoms with E-state index in [-0.39, 0.29) is 18.3 Å². The smallest absolute Gasteiger partial charge is 0.291 e. The second-order valence-corrected chi connectivity index (χ2v) is 6.70. The predicted molar refractivity (Wildman–Crippen MR) is 93.2 cm³/mol. The summed E-state index contributed by atoms with van der Waals surface area (Å²) in [5.41, 5.74) is 2.01. The molecule has 0 aliphatic carbocycles. The molecule has 2 fully saturated rings. The van der Waals surface area contributed by atoms with Crippen molar-refractivity contribution in [1.82, 2.24) is 14.8 Å². The van der Waals surface area contributed by atoms with Crippen molar-refractivity contribution in [2.45, 2.75) is 13.0 Å². The SMILES string of the molecule is Cc1ncoc1C(=O)N1C[C@@H]2CN(C)[C@@H](c3ccccc3)[C@@H]2C1.Cl. The van der Waals surface area contributed by atoms with Crippen LogP contribution in [0.5, 0.6) is 0 Å². The molecule has 4 rings (SSSR count). The largest absolute Gasteiger partial charge is 0.438 e. The Morgan fingerprint density at radius 1 is 1.21 bits per heavy atom. The van der Waals surface area contributed by atoms with Gasteiger partial charge in [-0.3, -0.25) is 9.69 Å². The number of rotatable bonds is 2. The Morgan fingerprint density at radius 3 is 2.62 bits per heavy atom. The van der Waals surface area contributed by atoms with Crippen molar-refractivity contribution in [3.8, 4) is 0 Å². The van der Waals surface area contributed by atoms with Crippen LogP contribution in [0.1, 0.15) is 27.9 Å². The zero-order chi connectivity index (χ0) is 16.0. The Balaban J connectivity index is 0.00000169. The number of oxazole rings is 1. The molecule has 2 aliphatic heterocycles. The van der Waals surface area contributed by atoms with E-state index >= 15 is 0 Å². The van der Waals surface area contributed by atoms with E-state index in [1.165, 1.54) is 12.0 Å². The average Bonchev–Trinajstić information content (AvgIpc) is 3.21. The molecule has 2 aliphatic rings. The van der Waals surface area contributed by atoms with E-state index in [4.69, 9.17) is 4.42 Å². The van der Waals surface area contributed by atoms with Gasteiger partial charge in [0, 0.05) is 31.6 Å². The number of nitrogens with zero attached hydrogens (tertiary/aromatic N) is 3. The van der Waals surface area contributed by atoms with Crippen molar-refractivity contribution >= 4 is 18.3 Å². The fourth-order valence-corrected chi connectivity index (χ4v) is 4.23. The number of benzene rings is 1. The van der Waals surface area contributed by atoms with Crippen LogP contribution in [-0.2, 0) is 0 Å². The van der Waals surface area contributed by atoms with Crippen LogP contribution in [0, 0.1) is 18.8 Å². The number of hydrogen-bond acceptors (Lipinski definition) is 4. The molecule has 0 saturated carbocycles. The third-order valence-electron chi connectivity index (χ3n) is 5.26. The van der Waals surface area contributed by atoms with E-state index in [1.807, 2.05) is 17.9 Å². The molecule has 24 heavy (non-hydrogen) atoms. The zero-order valence-electron chi connectivity index (χ0n) is 13.9. The van der Waals surface area contributed by atoms with Crippen LogP contribution in [0.4, 0.5) is 0 Å². The van der Waals surface area contributed by atoms with Crippen molar-refractivity contribution in [3.05, 3.63) is 53.7 Å². The first-order chi connectivity index (χ1) is 11.1. The maximum absolute atomic E-state index is 12.7. The number of carbonyl (C=O) groups is 1. The van der Waals surface area contributed by atoms with Crippen molar-refractivity contribution in [3.63, 3.8) is 0 Å². The molecule has 1 amide bonds. The number of likely N-dealkylation sites (tertiary alicyclic amines) is 2. The maximum Gasteiger partial charge on any atom is 0.291 e. The van der Waals surface area contributed by atoms with Gasteiger partial charge in [0.05, 0.1) is 5.69 Å². The lowest BCUT2D eigenvalue weighted by molar-refractivity contribution is 0.0735. The highest BCUT2D eigenvalue weighted by Crippen LogP contribution is 2.44. The van der Waals surface area contributed by atoms with E-state index in [0.29, 0.717) is 29.3 Å². The summed E-state index contributed by atoms with van der Waals surface area (Å²) in [6.45, 7) is 4.43. The van der Waals surface area contributed by atoms with Gasteiger partial charge in [-0.1, -0.05) is 30.3 Å². The Bertz CT molecular complexity index is 718. The lowest BCUT2D eigenvalue weighted by Gasteiger charge is -2.26. The maximum atomic E-state index is 12.7. The second kappa shape index (κ2) is 6.57. The first-order valence-corrected chi connectivity index (χ1v) is 8.09. The zero-order valence-corrected chi connectivity index (χ0v) is 14.7. The van der Waals surface area contributed by atoms with Gasteiger partial charge >= 0.3 is 0 Å². The van der Waals surface area contributed by atoms with E-state index < -0.39 is 0 Å². The van der Waals surface area contributed by atoms with E-state index in [1.54, 1.807) is 0 Å². The van der Waals surface area contributed by atoms with Crippen molar-refractivity contribution < 1.29 is 9.21 Å². The lowest BCUT2D eigenvalue weighted by atomic mass is 9.90. The molecule has 5 nitrogen and oxygen atoms in total. The van der Waals surface area contributed by atoms with Gasteiger partial charge in [-0.05, 0) is 25.5 Å². The fourth-order valence-electron chi connectivity index (χ4n) is 4.23. The first kappa shape index (κ1) is 17.0. The molecule has 1 aromatic carbocycles. The third-order valence-corrected chi connectivity index (χ3v) is 5.26. The van der Waals surface area contributed by atoms with Crippen molar-refractivity contribution in [1.29, 1.82) is 0 Å². The number of amides is 1. The van der Waals surface area contributed by atoms with Crippen LogP contribution < -0.4 is 0 Å². The van der Waals surface area contributed by atoms with Gasteiger partial charge in [0.1, 0.15) is 0 Å². The minimum Gasteiger partial charge on any atom is -0.438 e. The van der Waals surface area contributed by atoms with Gasteiger partial charge in [-0.15, -0.1) is 12.4 Å². The number of carbonyl (C=O) groups excluding carboxylic acids is 1. The summed E-state index contributed by atoms with van der Waals surface area (Å²) in [5.74, 6) is 1.37. The summed E-state index contributed by atoms with van der Waals surface area (Å²) in [6, 6.07) is 11.0. The summed E-state index contributed by atoms with van der Waals surface area (Å²) in [4.78, 5) is 21.1. The van der Waals surface area contributed by atoms with Gasteiger partial charge in [0.2, 0.25) is 5.76 Å². The van der Waals surface area contributed by atoms with E-state index in [0.717, 1.165) is 19.6 Å². The quantitative estimate of drug-likeness (QED) is 0.838. The first-order valence-electron chi connectivity index (χ1n) is 8.09. The number of halogens is 1. The predicted octanol–water partition coefficient (Wildman–Crippen LogP) is 2.78. The van der Waals surface area contributed by atoms with Crippen LogP contribution in [0.25, 0.3) is 0 Å². The number of aromatic nitrogens is 1. The average molecular weight is 348 g/mol. The highest BCUT2D eigenvalue weighted by molar-refractivity contribution is 5.92. The summed E-state index contributed by atoms with van der Waals surface area (Å²) in [6.07, 6.45) is 1.35. The van der Waals surface area contributed by atoms with Gasteiger partial charge in [-0.25, -0.2) is 4.98 Å². The normalized spacial score (nSPS) is 26.2. The Morgan fingerprint density at radius 2 is 1.96 bits per heavy atom. The van der Waals surface area contributed by atoms with Crippen LogP contribution in [0.15, 0.2) is 41.1 Å². The molecule has 2 saturated heterocycles. The van der Waals surface area contributed by atoms with Gasteiger partial charge < -0.3 is 9.32 Å². The summed E-state index contributed by atoms with van der Waals surface area (Å²) in [7, 11) is 2.18. The number of aryl methyl sites for hydroxylation is 1. The van der Waals surface area contributed by atoms with Gasteiger partial charge in [0.25, 0.3) is 5.91 Å². The Labute approximate surface area is 148 Å². The van der Waals surface area contributed by atoms with Gasteiger partial charge in [0.15, 0.2) is 6.39 Å². The third kappa shape index (κ3) is 2.72. The Kier molecular flexibility index (Phi) is 4.65. The second-order valence-electron chi connectivity index (χ2n) is 6.70. The molecular weight excluding hydrogens is 326 g/mol. The molecule has 3 heterocycles. The molecule has 3 atom stereocenters. The molecule has 1 aromatic heterocycles. The van der Waals surface area contributed by atoms with Crippen LogP contribution in [0.2, 0.25) is 0 Å². The highest BCUT2D eigenvalue weighted by Gasteiger charge is 2.47. The molecule has 0 radical (unpaired) electrons. The minimum atomic E-state index is -0.0242. The summed E-state index contributed by atoms with van der Waals surface area (Å²) >= 11 is 0. The standard InChI is InChI=1S/C18H21N3O2.ClH/c1-12-17(23-11-19-12)18(22)21-9-14-8-20(2)16(15(14)10-21)13-6-4-3-5-7-13;/h3-7,11,14-16H,8-10H2,1-2H3;1H/t14-,15+,16-;/m0./s1. The van der Waals surface area contributed by atoms with E-state index in [2.05, 4.69) is 41.2 Å². The molecule has 0 bridgehead atoms. The van der Waals surface area contributed by atoms with Gasteiger partial charge in [-0.2, -0.15) is 0 Å². The Hall–Kier alpha value is -1.85. The monoisotopic (exact) mass is 347 g/mol. The van der Waals surface area contributed by atoms with Crippen LogP contribution in [0.3, 0.4) is 0 Å². The lowest BCUT2D eigenvalue weighted by Crippen LogP contribution is -2.33. The molecule has 6 heteroatoms. The van der Waals surface area contributed by atoms with E-state index in [9.17, 15) is 4.79 Å². The highest BCUT2D eigenvalue weighted by atomic mass is 35.5. The molecule has 0 spiro atoms.